The molecular weight excluding hydrogens is 519 g/mol. The van der Waals surface area contributed by atoms with Crippen molar-refractivity contribution in [3.05, 3.63) is 54.0 Å². The number of hydrogen-bond donors (Lipinski definition) is 2. The van der Waals surface area contributed by atoms with Crippen molar-refractivity contribution in [1.82, 2.24) is 15.5 Å². The van der Waals surface area contributed by atoms with Gasteiger partial charge in [-0.05, 0) is 43.2 Å². The third-order valence-corrected chi connectivity index (χ3v) is 5.65. The van der Waals surface area contributed by atoms with Crippen LogP contribution in [0, 0.1) is 0 Å². The van der Waals surface area contributed by atoms with Gasteiger partial charge in [0.1, 0.15) is 11.5 Å². The molecule has 1 aromatic heterocycles. The average Bonchev–Trinajstić information content (AvgIpc) is 3.33. The monoisotopic (exact) mass is 556 g/mol. The first-order valence-corrected chi connectivity index (χ1v) is 11.2. The maximum absolute atomic E-state index is 5.57. The summed E-state index contributed by atoms with van der Waals surface area (Å²) < 4.78 is 16.4. The van der Waals surface area contributed by atoms with Crippen LogP contribution in [0.1, 0.15) is 37.6 Å². The Morgan fingerprint density at radius 1 is 1.19 bits per heavy atom. The quantitative estimate of drug-likeness (QED) is 0.263. The molecule has 0 saturated carbocycles. The third kappa shape index (κ3) is 8.29. The van der Waals surface area contributed by atoms with E-state index in [-0.39, 0.29) is 30.0 Å². The first-order valence-electron chi connectivity index (χ1n) is 11.2. The summed E-state index contributed by atoms with van der Waals surface area (Å²) >= 11 is 0. The number of benzene rings is 1. The lowest BCUT2D eigenvalue weighted by Gasteiger charge is -2.34. The predicted octanol–water partition coefficient (Wildman–Crippen LogP) is 3.86. The van der Waals surface area contributed by atoms with Crippen LogP contribution in [0.5, 0.6) is 5.75 Å². The molecule has 8 heteroatoms. The van der Waals surface area contributed by atoms with E-state index in [1.54, 1.807) is 13.4 Å². The lowest BCUT2D eigenvalue weighted by Crippen LogP contribution is -2.44. The van der Waals surface area contributed by atoms with E-state index in [2.05, 4.69) is 41.5 Å². The van der Waals surface area contributed by atoms with Crippen LogP contribution >= 0.6 is 24.0 Å². The maximum atomic E-state index is 5.57. The van der Waals surface area contributed by atoms with Gasteiger partial charge in [-0.1, -0.05) is 19.1 Å². The molecule has 0 bridgehead atoms. The predicted molar refractivity (Wildman–Crippen MR) is 139 cm³/mol. The second-order valence-electron chi connectivity index (χ2n) is 7.84. The fourth-order valence-electron chi connectivity index (χ4n) is 3.57. The number of morpholine rings is 1. The standard InChI is InChI=1S/C24H36N4O3.HI/c1-4-19(2)27-24(25-12-11-22-6-5-15-31-22)26-18-23(28-13-16-30-17-14-28)20-7-9-21(29-3)10-8-20;/h5-10,15,19,23H,4,11-14,16-18H2,1-3H3,(H2,25,26,27);1H. The highest BCUT2D eigenvalue weighted by Gasteiger charge is 2.23. The van der Waals surface area contributed by atoms with E-state index in [0.717, 1.165) is 63.2 Å². The molecule has 32 heavy (non-hydrogen) atoms. The number of halogens is 1. The fraction of sp³-hybridized carbons (Fsp3) is 0.542. The number of ether oxygens (including phenoxy) is 2. The van der Waals surface area contributed by atoms with Crippen molar-refractivity contribution >= 4 is 29.9 Å². The number of aliphatic imine (C=N–C) groups is 1. The van der Waals surface area contributed by atoms with E-state index in [1.165, 1.54) is 5.56 Å². The van der Waals surface area contributed by atoms with Crippen LogP contribution in [0.2, 0.25) is 0 Å². The Labute approximate surface area is 209 Å². The van der Waals surface area contributed by atoms with Gasteiger partial charge in [0.25, 0.3) is 0 Å². The van der Waals surface area contributed by atoms with Gasteiger partial charge in [0.05, 0.1) is 39.2 Å². The van der Waals surface area contributed by atoms with Crippen LogP contribution in [0.25, 0.3) is 0 Å². The highest BCUT2D eigenvalue weighted by molar-refractivity contribution is 14.0. The molecule has 1 aliphatic rings. The van der Waals surface area contributed by atoms with Crippen molar-refractivity contribution in [1.29, 1.82) is 0 Å². The molecule has 2 atom stereocenters. The zero-order valence-corrected chi connectivity index (χ0v) is 21.7. The fourth-order valence-corrected chi connectivity index (χ4v) is 3.57. The zero-order chi connectivity index (χ0) is 21.9. The van der Waals surface area contributed by atoms with Crippen molar-refractivity contribution in [2.75, 3.05) is 46.5 Å². The smallest absolute Gasteiger partial charge is 0.191 e. The second kappa shape index (κ2) is 14.4. The first kappa shape index (κ1) is 26.5. The summed E-state index contributed by atoms with van der Waals surface area (Å²) in [5, 5.41) is 6.99. The van der Waals surface area contributed by atoms with Gasteiger partial charge in [-0.2, -0.15) is 0 Å². The molecule has 0 radical (unpaired) electrons. The number of methoxy groups -OCH3 is 1. The summed E-state index contributed by atoms with van der Waals surface area (Å²) in [4.78, 5) is 7.43. The van der Waals surface area contributed by atoms with Crippen molar-refractivity contribution < 1.29 is 13.9 Å². The Hall–Kier alpha value is -1.78. The van der Waals surface area contributed by atoms with Crippen LogP contribution in [-0.2, 0) is 11.2 Å². The van der Waals surface area contributed by atoms with Gasteiger partial charge in [0.15, 0.2) is 5.96 Å². The number of nitrogens with one attached hydrogen (secondary N) is 2. The Kier molecular flexibility index (Phi) is 11.9. The van der Waals surface area contributed by atoms with E-state index in [1.807, 2.05) is 24.3 Å². The molecular formula is C24H37IN4O3. The summed E-state index contributed by atoms with van der Waals surface area (Å²) in [6.07, 6.45) is 3.56. The van der Waals surface area contributed by atoms with Gasteiger partial charge < -0.3 is 24.5 Å². The van der Waals surface area contributed by atoms with Crippen LogP contribution in [0.15, 0.2) is 52.1 Å². The molecule has 7 nitrogen and oxygen atoms in total. The summed E-state index contributed by atoms with van der Waals surface area (Å²) in [6.45, 7) is 9.11. The summed E-state index contributed by atoms with van der Waals surface area (Å²) in [5.41, 5.74) is 1.24. The molecule has 3 rings (SSSR count). The number of nitrogens with zero attached hydrogens (tertiary/aromatic N) is 2. The molecule has 1 fully saturated rings. The van der Waals surface area contributed by atoms with Crippen molar-refractivity contribution in [3.8, 4) is 5.75 Å². The van der Waals surface area contributed by atoms with E-state index in [0.29, 0.717) is 12.6 Å². The van der Waals surface area contributed by atoms with Gasteiger partial charge in [0, 0.05) is 32.1 Å². The molecule has 0 amide bonds. The Morgan fingerprint density at radius 2 is 1.94 bits per heavy atom. The third-order valence-electron chi connectivity index (χ3n) is 5.65. The lowest BCUT2D eigenvalue weighted by molar-refractivity contribution is 0.0179. The molecule has 0 spiro atoms. The second-order valence-corrected chi connectivity index (χ2v) is 7.84. The Morgan fingerprint density at radius 3 is 2.56 bits per heavy atom. The average molecular weight is 556 g/mol. The topological polar surface area (TPSA) is 71.3 Å². The molecule has 2 heterocycles. The number of furan rings is 1. The molecule has 1 saturated heterocycles. The number of hydrogen-bond acceptors (Lipinski definition) is 5. The molecule has 2 aromatic rings. The summed E-state index contributed by atoms with van der Waals surface area (Å²) in [5.74, 6) is 2.68. The van der Waals surface area contributed by atoms with Crippen molar-refractivity contribution in [3.63, 3.8) is 0 Å². The molecule has 1 aliphatic heterocycles. The SMILES string of the molecule is CCC(C)NC(=NCC(c1ccc(OC)cc1)N1CCOCC1)NCCc1ccco1.I. The van der Waals surface area contributed by atoms with E-state index in [4.69, 9.17) is 18.9 Å². The van der Waals surface area contributed by atoms with E-state index >= 15 is 0 Å². The van der Waals surface area contributed by atoms with E-state index < -0.39 is 0 Å². The van der Waals surface area contributed by atoms with Crippen molar-refractivity contribution in [2.24, 2.45) is 4.99 Å². The van der Waals surface area contributed by atoms with Crippen molar-refractivity contribution in [2.45, 2.75) is 38.8 Å². The largest absolute Gasteiger partial charge is 0.497 e. The highest BCUT2D eigenvalue weighted by Crippen LogP contribution is 2.24. The summed E-state index contributed by atoms with van der Waals surface area (Å²) in [7, 11) is 1.69. The Balaban J connectivity index is 0.00000363. The van der Waals surface area contributed by atoms with Crippen LogP contribution in [0.3, 0.4) is 0 Å². The zero-order valence-electron chi connectivity index (χ0n) is 19.4. The van der Waals surface area contributed by atoms with E-state index in [9.17, 15) is 0 Å². The lowest BCUT2D eigenvalue weighted by atomic mass is 10.0. The minimum Gasteiger partial charge on any atom is -0.497 e. The van der Waals surface area contributed by atoms with Gasteiger partial charge in [-0.15, -0.1) is 24.0 Å². The van der Waals surface area contributed by atoms with Crippen LogP contribution < -0.4 is 15.4 Å². The van der Waals surface area contributed by atoms with Gasteiger partial charge in [-0.25, -0.2) is 0 Å². The first-order chi connectivity index (χ1) is 15.2. The molecule has 0 aliphatic carbocycles. The minimum atomic E-state index is 0. The van der Waals surface area contributed by atoms with Gasteiger partial charge in [-0.3, -0.25) is 9.89 Å². The Bertz CT molecular complexity index is 777. The number of rotatable bonds is 10. The normalized spacial score (nSPS) is 16.7. The molecule has 2 N–H and O–H groups in total. The summed E-state index contributed by atoms with van der Waals surface area (Å²) in [6, 6.07) is 12.8. The molecule has 178 valence electrons. The highest BCUT2D eigenvalue weighted by atomic mass is 127. The molecule has 2 unspecified atom stereocenters. The maximum Gasteiger partial charge on any atom is 0.191 e. The van der Waals surface area contributed by atoms with Crippen LogP contribution in [0.4, 0.5) is 0 Å². The van der Waals surface area contributed by atoms with Gasteiger partial charge >= 0.3 is 0 Å². The van der Waals surface area contributed by atoms with Crippen LogP contribution in [-0.4, -0.2) is 63.4 Å². The minimum absolute atomic E-state index is 0. The number of guanidine groups is 1. The molecule has 1 aromatic carbocycles. The van der Waals surface area contributed by atoms with Gasteiger partial charge in [0.2, 0.25) is 0 Å².